The first-order chi connectivity index (χ1) is 13.3. The van der Waals surface area contributed by atoms with Crippen molar-refractivity contribution in [3.63, 3.8) is 0 Å². The lowest BCUT2D eigenvalue weighted by Crippen LogP contribution is -2.20. The molecule has 2 aromatic heterocycles. The average Bonchev–Trinajstić information content (AvgIpc) is 3.18. The van der Waals surface area contributed by atoms with Crippen LogP contribution in [0.15, 0.2) is 73.2 Å². The average molecular weight is 361 g/mol. The van der Waals surface area contributed by atoms with Gasteiger partial charge in [0, 0.05) is 48.1 Å². The lowest BCUT2D eigenvalue weighted by molar-refractivity contribution is 0.317. The molecule has 0 bridgehead atoms. The minimum absolute atomic E-state index is 0.236. The zero-order chi connectivity index (χ0) is 18.5. The molecule has 136 valence electrons. The smallest absolute Gasteiger partial charge is 0.128 e. The Morgan fingerprint density at radius 3 is 2.78 bits per heavy atom. The van der Waals surface area contributed by atoms with Gasteiger partial charge in [0.25, 0.3) is 0 Å². The number of nitrogens with one attached hydrogen (secondary N) is 2. The number of ether oxygens (including phenoxy) is 1. The fourth-order valence-corrected chi connectivity index (χ4v) is 3.03. The van der Waals surface area contributed by atoms with E-state index in [4.69, 9.17) is 4.74 Å². The molecule has 0 aliphatic rings. The Morgan fingerprint density at radius 2 is 1.89 bits per heavy atom. The maximum atomic E-state index is 13.1. The van der Waals surface area contributed by atoms with Crippen molar-refractivity contribution in [2.24, 2.45) is 0 Å². The zero-order valence-corrected chi connectivity index (χ0v) is 14.8. The van der Waals surface area contributed by atoms with Crippen LogP contribution in [0.25, 0.3) is 22.0 Å². The maximum Gasteiger partial charge on any atom is 0.128 e. The Balaban J connectivity index is 1.30. The number of pyridine rings is 1. The van der Waals surface area contributed by atoms with Crippen LogP contribution in [0.5, 0.6) is 5.75 Å². The van der Waals surface area contributed by atoms with Gasteiger partial charge in [0.05, 0.1) is 0 Å². The number of hydrogen-bond acceptors (Lipinski definition) is 3. The van der Waals surface area contributed by atoms with Crippen LogP contribution in [-0.2, 0) is 6.54 Å². The molecule has 27 heavy (non-hydrogen) atoms. The molecule has 2 N–H and O–H groups in total. The summed E-state index contributed by atoms with van der Waals surface area (Å²) in [6.07, 6.45) is 5.54. The summed E-state index contributed by atoms with van der Waals surface area (Å²) in [5.74, 6) is 0.649. The van der Waals surface area contributed by atoms with Gasteiger partial charge in [0.2, 0.25) is 0 Å². The zero-order valence-electron chi connectivity index (χ0n) is 14.8. The Morgan fingerprint density at radius 1 is 1.00 bits per heavy atom. The molecule has 0 fully saturated rings. The fraction of sp³-hybridized carbons (Fsp3) is 0.136. The van der Waals surface area contributed by atoms with Gasteiger partial charge >= 0.3 is 0 Å². The van der Waals surface area contributed by atoms with Gasteiger partial charge in [-0.1, -0.05) is 18.2 Å². The molecule has 0 radical (unpaired) electrons. The third kappa shape index (κ3) is 4.15. The minimum atomic E-state index is -0.236. The van der Waals surface area contributed by atoms with E-state index in [9.17, 15) is 4.39 Å². The number of benzene rings is 2. The van der Waals surface area contributed by atoms with Gasteiger partial charge in [0.15, 0.2) is 0 Å². The van der Waals surface area contributed by atoms with E-state index in [0.29, 0.717) is 13.2 Å². The summed E-state index contributed by atoms with van der Waals surface area (Å²) in [6.45, 7) is 2.00. The summed E-state index contributed by atoms with van der Waals surface area (Å²) >= 11 is 0. The van der Waals surface area contributed by atoms with Gasteiger partial charge in [-0.3, -0.25) is 4.98 Å². The Hall–Kier alpha value is -3.18. The molecule has 0 spiro atoms. The number of hydrogen-bond donors (Lipinski definition) is 2. The van der Waals surface area contributed by atoms with E-state index in [2.05, 4.69) is 21.4 Å². The van der Waals surface area contributed by atoms with Crippen molar-refractivity contribution < 1.29 is 9.13 Å². The molecule has 4 rings (SSSR count). The largest absolute Gasteiger partial charge is 0.492 e. The molecular weight excluding hydrogens is 341 g/mol. The van der Waals surface area contributed by atoms with Crippen molar-refractivity contribution in [3.8, 4) is 16.9 Å². The molecule has 0 aliphatic heterocycles. The van der Waals surface area contributed by atoms with E-state index in [-0.39, 0.29) is 5.82 Å². The predicted octanol–water partition coefficient (Wildman–Crippen LogP) is 4.54. The highest BCUT2D eigenvalue weighted by molar-refractivity contribution is 5.85. The lowest BCUT2D eigenvalue weighted by atomic mass is 10.1. The predicted molar refractivity (Wildman–Crippen MR) is 105 cm³/mol. The summed E-state index contributed by atoms with van der Waals surface area (Å²) < 4.78 is 19.0. The fourth-order valence-electron chi connectivity index (χ4n) is 3.03. The Labute approximate surface area is 157 Å². The first-order valence-corrected chi connectivity index (χ1v) is 8.89. The number of aromatic amines is 1. The van der Waals surface area contributed by atoms with Crippen LogP contribution in [0.2, 0.25) is 0 Å². The van der Waals surface area contributed by atoms with Gasteiger partial charge in [-0.15, -0.1) is 0 Å². The van der Waals surface area contributed by atoms with Gasteiger partial charge < -0.3 is 15.0 Å². The molecule has 0 saturated carbocycles. The SMILES string of the molecule is Fc1ccc(-c2cncc(CNCCOc3cccc4[nH]ccc34)c2)cc1. The van der Waals surface area contributed by atoms with Crippen LogP contribution < -0.4 is 10.1 Å². The number of nitrogens with zero attached hydrogens (tertiary/aromatic N) is 1. The van der Waals surface area contributed by atoms with Crippen molar-refractivity contribution in [3.05, 3.63) is 84.6 Å². The summed E-state index contributed by atoms with van der Waals surface area (Å²) in [4.78, 5) is 7.47. The van der Waals surface area contributed by atoms with E-state index in [1.165, 1.54) is 12.1 Å². The first-order valence-electron chi connectivity index (χ1n) is 8.89. The van der Waals surface area contributed by atoms with E-state index in [0.717, 1.165) is 39.9 Å². The second-order valence-corrected chi connectivity index (χ2v) is 6.31. The quantitative estimate of drug-likeness (QED) is 0.475. The summed E-state index contributed by atoms with van der Waals surface area (Å²) in [7, 11) is 0. The molecule has 0 saturated heterocycles. The second-order valence-electron chi connectivity index (χ2n) is 6.31. The maximum absolute atomic E-state index is 13.1. The highest BCUT2D eigenvalue weighted by Crippen LogP contribution is 2.24. The van der Waals surface area contributed by atoms with Crippen LogP contribution in [0.4, 0.5) is 4.39 Å². The lowest BCUT2D eigenvalue weighted by Gasteiger charge is -2.09. The van der Waals surface area contributed by atoms with Crippen LogP contribution >= 0.6 is 0 Å². The van der Waals surface area contributed by atoms with Crippen LogP contribution in [0, 0.1) is 5.82 Å². The van der Waals surface area contributed by atoms with Crippen LogP contribution in [0.3, 0.4) is 0 Å². The normalized spacial score (nSPS) is 11.0. The van der Waals surface area contributed by atoms with E-state index < -0.39 is 0 Å². The van der Waals surface area contributed by atoms with Gasteiger partial charge in [-0.25, -0.2) is 4.39 Å². The molecule has 4 aromatic rings. The monoisotopic (exact) mass is 361 g/mol. The number of aromatic nitrogens is 2. The minimum Gasteiger partial charge on any atom is -0.492 e. The molecule has 2 aromatic carbocycles. The second kappa shape index (κ2) is 8.01. The molecule has 5 heteroatoms. The molecule has 0 aliphatic carbocycles. The standard InChI is InChI=1S/C22H20FN3O/c23-19-6-4-17(5-7-19)18-12-16(14-25-15-18)13-24-10-11-27-22-3-1-2-21-20(22)8-9-26-21/h1-9,12,14-15,24,26H,10-11,13H2. The van der Waals surface area contributed by atoms with E-state index in [1.807, 2.05) is 36.7 Å². The summed E-state index contributed by atoms with van der Waals surface area (Å²) in [5, 5.41) is 4.46. The van der Waals surface area contributed by atoms with E-state index >= 15 is 0 Å². The Kier molecular flexibility index (Phi) is 5.12. The van der Waals surface area contributed by atoms with Crippen molar-refractivity contribution in [2.45, 2.75) is 6.54 Å². The van der Waals surface area contributed by atoms with E-state index in [1.54, 1.807) is 18.3 Å². The third-order valence-electron chi connectivity index (χ3n) is 4.39. The number of fused-ring (bicyclic) bond motifs is 1. The van der Waals surface area contributed by atoms with Crippen LogP contribution in [-0.4, -0.2) is 23.1 Å². The first kappa shape index (κ1) is 17.2. The van der Waals surface area contributed by atoms with Crippen molar-refractivity contribution in [1.82, 2.24) is 15.3 Å². The topological polar surface area (TPSA) is 49.9 Å². The molecule has 0 unspecified atom stereocenters. The molecule has 0 amide bonds. The van der Waals surface area contributed by atoms with Gasteiger partial charge in [-0.05, 0) is 47.5 Å². The highest BCUT2D eigenvalue weighted by Gasteiger charge is 2.03. The molecule has 4 nitrogen and oxygen atoms in total. The number of H-pyrrole nitrogens is 1. The third-order valence-corrected chi connectivity index (χ3v) is 4.39. The highest BCUT2D eigenvalue weighted by atomic mass is 19.1. The van der Waals surface area contributed by atoms with Gasteiger partial charge in [0.1, 0.15) is 18.2 Å². The van der Waals surface area contributed by atoms with Crippen LogP contribution in [0.1, 0.15) is 5.56 Å². The Bertz CT molecular complexity index is 1030. The molecule has 0 atom stereocenters. The van der Waals surface area contributed by atoms with Crippen molar-refractivity contribution in [1.29, 1.82) is 0 Å². The van der Waals surface area contributed by atoms with Gasteiger partial charge in [-0.2, -0.15) is 0 Å². The number of halogens is 1. The summed E-state index contributed by atoms with van der Waals surface area (Å²) in [6, 6.07) is 16.5. The summed E-state index contributed by atoms with van der Waals surface area (Å²) in [5.41, 5.74) is 4.08. The van der Waals surface area contributed by atoms with Crippen molar-refractivity contribution >= 4 is 10.9 Å². The molecular formula is C22H20FN3O. The molecule has 2 heterocycles. The number of rotatable bonds is 7. The van der Waals surface area contributed by atoms with Crippen molar-refractivity contribution in [2.75, 3.05) is 13.2 Å².